The van der Waals surface area contributed by atoms with Gasteiger partial charge in [-0.1, -0.05) is 25.1 Å². The van der Waals surface area contributed by atoms with Crippen LogP contribution in [-0.2, 0) is 11.2 Å². The van der Waals surface area contributed by atoms with E-state index in [0.717, 1.165) is 5.56 Å². The summed E-state index contributed by atoms with van der Waals surface area (Å²) in [6, 6.07) is 6.89. The molecule has 2 aromatic rings. The minimum Gasteiger partial charge on any atom is -0.472 e. The zero-order chi connectivity index (χ0) is 24.0. The lowest BCUT2D eigenvalue weighted by atomic mass is 9.99. The minimum absolute atomic E-state index is 0.0696. The maximum absolute atomic E-state index is 13.3. The SMILES string of the molecule is CC=Cc1cnc2c(c1)C(=O)N([C@@H](C)CO)C[C@H](C)[C@@H](CN(C)C(=O)Cc1ccccn1)O2. The number of nitrogens with zero attached hydrogens (tertiary/aromatic N) is 4. The van der Waals surface area contributed by atoms with Gasteiger partial charge in [0.05, 0.1) is 25.6 Å². The van der Waals surface area contributed by atoms with Crippen LogP contribution in [0.5, 0.6) is 5.88 Å². The van der Waals surface area contributed by atoms with Crippen molar-refractivity contribution in [3.8, 4) is 5.88 Å². The second kappa shape index (κ2) is 11.0. The normalized spacial score (nSPS) is 19.4. The van der Waals surface area contributed by atoms with Crippen LogP contribution in [0.2, 0.25) is 0 Å². The van der Waals surface area contributed by atoms with E-state index in [2.05, 4.69) is 9.97 Å². The summed E-state index contributed by atoms with van der Waals surface area (Å²) >= 11 is 0. The molecule has 1 aliphatic heterocycles. The van der Waals surface area contributed by atoms with Crippen molar-refractivity contribution in [3.05, 3.63) is 59.6 Å². The summed E-state index contributed by atoms with van der Waals surface area (Å²) < 4.78 is 6.23. The molecule has 3 rings (SSSR count). The number of rotatable bonds is 7. The first-order chi connectivity index (χ1) is 15.8. The molecule has 0 radical (unpaired) electrons. The van der Waals surface area contributed by atoms with Crippen molar-refractivity contribution in [2.75, 3.05) is 26.7 Å². The number of ether oxygens (including phenoxy) is 1. The van der Waals surface area contributed by atoms with Gasteiger partial charge in [-0.3, -0.25) is 14.6 Å². The standard InChI is InChI=1S/C25H32N4O4/c1-5-8-19-11-21-24(27-13-19)33-22(17(2)14-29(25(21)32)18(3)16-30)15-28(4)23(31)12-20-9-6-7-10-26-20/h5-11,13,17-18,22,30H,12,14-16H2,1-4H3/t17-,18-,22+/m0/s1. The maximum Gasteiger partial charge on any atom is 0.259 e. The number of carbonyl (C=O) groups excluding carboxylic acids is 2. The summed E-state index contributed by atoms with van der Waals surface area (Å²) in [5.74, 6) is -0.154. The van der Waals surface area contributed by atoms with E-state index in [1.54, 1.807) is 35.3 Å². The second-order valence-corrected chi connectivity index (χ2v) is 8.52. The summed E-state index contributed by atoms with van der Waals surface area (Å²) in [6.45, 7) is 6.26. The van der Waals surface area contributed by atoms with Gasteiger partial charge >= 0.3 is 0 Å². The van der Waals surface area contributed by atoms with Crippen LogP contribution in [0.4, 0.5) is 0 Å². The Kier molecular flexibility index (Phi) is 8.16. The van der Waals surface area contributed by atoms with Crippen molar-refractivity contribution in [3.63, 3.8) is 0 Å². The highest BCUT2D eigenvalue weighted by atomic mass is 16.5. The monoisotopic (exact) mass is 452 g/mol. The number of allylic oxidation sites excluding steroid dienone is 1. The van der Waals surface area contributed by atoms with Crippen LogP contribution in [0.15, 0.2) is 42.7 Å². The van der Waals surface area contributed by atoms with Gasteiger partial charge < -0.3 is 19.6 Å². The van der Waals surface area contributed by atoms with Gasteiger partial charge in [0.25, 0.3) is 5.91 Å². The molecule has 33 heavy (non-hydrogen) atoms. The van der Waals surface area contributed by atoms with Crippen LogP contribution < -0.4 is 4.74 Å². The summed E-state index contributed by atoms with van der Waals surface area (Å²) in [5.41, 5.74) is 1.85. The maximum atomic E-state index is 13.3. The van der Waals surface area contributed by atoms with Gasteiger partial charge in [-0.2, -0.15) is 0 Å². The molecular formula is C25H32N4O4. The van der Waals surface area contributed by atoms with Gasteiger partial charge in [0.15, 0.2) is 0 Å². The largest absolute Gasteiger partial charge is 0.472 e. The highest BCUT2D eigenvalue weighted by Gasteiger charge is 2.34. The molecule has 0 saturated carbocycles. The van der Waals surface area contributed by atoms with Crippen LogP contribution in [0.25, 0.3) is 6.08 Å². The fourth-order valence-electron chi connectivity index (χ4n) is 3.78. The molecule has 0 saturated heterocycles. The quantitative estimate of drug-likeness (QED) is 0.693. The molecule has 8 nitrogen and oxygen atoms in total. The zero-order valence-corrected chi connectivity index (χ0v) is 19.6. The fraction of sp³-hybridized carbons (Fsp3) is 0.440. The minimum atomic E-state index is -0.386. The summed E-state index contributed by atoms with van der Waals surface area (Å²) in [4.78, 5) is 38.1. The van der Waals surface area contributed by atoms with E-state index >= 15 is 0 Å². The molecule has 2 amide bonds. The predicted octanol–water partition coefficient (Wildman–Crippen LogP) is 2.43. The van der Waals surface area contributed by atoms with Gasteiger partial charge in [-0.15, -0.1) is 0 Å². The summed E-state index contributed by atoms with van der Waals surface area (Å²) in [6.07, 6.45) is 6.88. The Hall–Kier alpha value is -3.26. The number of fused-ring (bicyclic) bond motifs is 1. The van der Waals surface area contributed by atoms with Crippen LogP contribution in [-0.4, -0.2) is 75.6 Å². The van der Waals surface area contributed by atoms with Crippen molar-refractivity contribution in [2.24, 2.45) is 5.92 Å². The molecule has 0 aliphatic carbocycles. The average molecular weight is 453 g/mol. The number of aliphatic hydroxyl groups is 1. The molecule has 0 aromatic carbocycles. The highest BCUT2D eigenvalue weighted by molar-refractivity contribution is 5.97. The fourth-order valence-corrected chi connectivity index (χ4v) is 3.78. The number of likely N-dealkylation sites (N-methyl/N-ethyl adjacent to an activating group) is 1. The molecule has 8 heteroatoms. The lowest BCUT2D eigenvalue weighted by Crippen LogP contribution is -2.50. The third-order valence-corrected chi connectivity index (χ3v) is 5.84. The zero-order valence-electron chi connectivity index (χ0n) is 19.6. The van der Waals surface area contributed by atoms with Gasteiger partial charge in [0.2, 0.25) is 11.8 Å². The van der Waals surface area contributed by atoms with Gasteiger partial charge in [0.1, 0.15) is 11.7 Å². The Morgan fingerprint density at radius 3 is 2.85 bits per heavy atom. The number of aromatic nitrogens is 2. The van der Waals surface area contributed by atoms with E-state index < -0.39 is 0 Å². The van der Waals surface area contributed by atoms with Crippen LogP contribution >= 0.6 is 0 Å². The topological polar surface area (TPSA) is 95.9 Å². The molecular weight excluding hydrogens is 420 g/mol. The molecule has 1 N–H and O–H groups in total. The Morgan fingerprint density at radius 2 is 2.18 bits per heavy atom. The van der Waals surface area contributed by atoms with E-state index in [1.165, 1.54) is 0 Å². The van der Waals surface area contributed by atoms with Gasteiger partial charge in [-0.25, -0.2) is 4.98 Å². The van der Waals surface area contributed by atoms with Gasteiger partial charge in [-0.05, 0) is 37.6 Å². The molecule has 0 fully saturated rings. The Labute approximate surface area is 194 Å². The van der Waals surface area contributed by atoms with Crippen LogP contribution in [0.1, 0.15) is 42.4 Å². The Bertz CT molecular complexity index is 995. The second-order valence-electron chi connectivity index (χ2n) is 8.52. The number of amides is 2. The molecule has 0 bridgehead atoms. The van der Waals surface area contributed by atoms with E-state index in [1.807, 2.05) is 51.1 Å². The van der Waals surface area contributed by atoms with E-state index in [9.17, 15) is 14.7 Å². The summed E-state index contributed by atoms with van der Waals surface area (Å²) in [7, 11) is 1.74. The predicted molar refractivity (Wildman–Crippen MR) is 126 cm³/mol. The van der Waals surface area contributed by atoms with Gasteiger partial charge in [0, 0.05) is 37.6 Å². The lowest BCUT2D eigenvalue weighted by molar-refractivity contribution is -0.130. The molecule has 2 aromatic heterocycles. The van der Waals surface area contributed by atoms with Crippen molar-refractivity contribution < 1.29 is 19.4 Å². The number of hydrogen-bond acceptors (Lipinski definition) is 6. The van der Waals surface area contributed by atoms with Crippen molar-refractivity contribution in [1.82, 2.24) is 19.8 Å². The first kappa shape index (κ1) is 24.4. The highest BCUT2D eigenvalue weighted by Crippen LogP contribution is 2.27. The van der Waals surface area contributed by atoms with Crippen molar-refractivity contribution >= 4 is 17.9 Å². The van der Waals surface area contributed by atoms with Crippen LogP contribution in [0.3, 0.4) is 0 Å². The number of aliphatic hydroxyl groups excluding tert-OH is 1. The molecule has 1 aliphatic rings. The van der Waals surface area contributed by atoms with E-state index in [4.69, 9.17) is 4.74 Å². The van der Waals surface area contributed by atoms with Crippen molar-refractivity contribution in [2.45, 2.75) is 39.3 Å². The third kappa shape index (κ3) is 5.96. The van der Waals surface area contributed by atoms with E-state index in [0.29, 0.717) is 24.3 Å². The first-order valence-electron chi connectivity index (χ1n) is 11.2. The Morgan fingerprint density at radius 1 is 1.39 bits per heavy atom. The first-order valence-corrected chi connectivity index (χ1v) is 11.2. The molecule has 3 heterocycles. The molecule has 0 unspecified atom stereocenters. The molecule has 3 atom stereocenters. The lowest BCUT2D eigenvalue weighted by Gasteiger charge is -2.37. The van der Waals surface area contributed by atoms with Crippen LogP contribution in [0, 0.1) is 5.92 Å². The Balaban J connectivity index is 1.87. The average Bonchev–Trinajstić information content (AvgIpc) is 2.82. The summed E-state index contributed by atoms with van der Waals surface area (Å²) in [5, 5.41) is 9.75. The number of carbonyl (C=O) groups is 2. The number of hydrogen-bond donors (Lipinski definition) is 1. The number of pyridine rings is 2. The molecule has 0 spiro atoms. The smallest absolute Gasteiger partial charge is 0.259 e. The molecule has 176 valence electrons. The van der Waals surface area contributed by atoms with Crippen molar-refractivity contribution in [1.29, 1.82) is 0 Å². The van der Waals surface area contributed by atoms with E-state index in [-0.39, 0.29) is 48.8 Å². The third-order valence-electron chi connectivity index (χ3n) is 5.84.